The summed E-state index contributed by atoms with van der Waals surface area (Å²) in [5.74, 6) is -1.41. The summed E-state index contributed by atoms with van der Waals surface area (Å²) >= 11 is 0. The maximum atomic E-state index is 12.5. The van der Waals surface area contributed by atoms with Crippen LogP contribution in [0.1, 0.15) is 106 Å². The minimum Gasteiger partial charge on any atom is -0.479 e. The summed E-state index contributed by atoms with van der Waals surface area (Å²) in [7, 11) is 0. The third kappa shape index (κ3) is 8.01. The third-order valence-corrected chi connectivity index (χ3v) is 19.8. The van der Waals surface area contributed by atoms with E-state index in [0.29, 0.717) is 19.3 Å². The van der Waals surface area contributed by atoms with Crippen LogP contribution in [0.4, 0.5) is 0 Å². The Bertz CT molecular complexity index is 1840. The van der Waals surface area contributed by atoms with Crippen molar-refractivity contribution in [2.45, 2.75) is 211 Å². The van der Waals surface area contributed by atoms with E-state index in [2.05, 4.69) is 40.7 Å². The average Bonchev–Trinajstić information content (AvgIpc) is 3.28. The fourth-order valence-electron chi connectivity index (χ4n) is 15.1. The van der Waals surface area contributed by atoms with Crippen molar-refractivity contribution in [2.75, 3.05) is 19.8 Å². The summed E-state index contributed by atoms with van der Waals surface area (Å²) in [4.78, 5) is 12.5. The first-order valence-electron chi connectivity index (χ1n) is 24.4. The first-order chi connectivity index (χ1) is 31.3. The number of hydrogen-bond donors (Lipinski definition) is 12. The van der Waals surface area contributed by atoms with Crippen LogP contribution in [0.25, 0.3) is 0 Å². The number of fused-ring (bicyclic) bond motifs is 7. The van der Waals surface area contributed by atoms with Crippen LogP contribution in [0.15, 0.2) is 11.6 Å². The van der Waals surface area contributed by atoms with E-state index in [4.69, 9.17) is 28.4 Å². The number of aliphatic hydroxyl groups excluding tert-OH is 11. The maximum absolute atomic E-state index is 12.5. The van der Waals surface area contributed by atoms with Crippen molar-refractivity contribution in [3.05, 3.63) is 11.6 Å². The molecule has 19 nitrogen and oxygen atoms in total. The molecule has 0 radical (unpaired) electrons. The number of hydrogen-bond acceptors (Lipinski definition) is 18. The lowest BCUT2D eigenvalue weighted by molar-refractivity contribution is -0.396. The molecule has 26 unspecified atom stereocenters. The molecule has 0 aromatic rings. The van der Waals surface area contributed by atoms with Gasteiger partial charge in [0.05, 0.1) is 31.5 Å². The zero-order valence-corrected chi connectivity index (χ0v) is 39.8. The van der Waals surface area contributed by atoms with E-state index in [0.717, 1.165) is 38.5 Å². The molecule has 3 heterocycles. The highest BCUT2D eigenvalue weighted by Gasteiger charge is 2.70. The fraction of sp³-hybridized carbons (Fsp3) is 0.938. The third-order valence-electron chi connectivity index (χ3n) is 19.8. The Morgan fingerprint density at radius 3 is 1.93 bits per heavy atom. The first-order valence-corrected chi connectivity index (χ1v) is 24.4. The van der Waals surface area contributed by atoms with Gasteiger partial charge in [0.15, 0.2) is 25.0 Å². The summed E-state index contributed by atoms with van der Waals surface area (Å²) < 4.78 is 36.2. The lowest BCUT2D eigenvalue weighted by atomic mass is 9.33. The summed E-state index contributed by atoms with van der Waals surface area (Å²) in [6, 6.07) is 0. The number of rotatable bonds is 10. The topological polar surface area (TPSA) is 315 Å². The van der Waals surface area contributed by atoms with Gasteiger partial charge in [0.25, 0.3) is 0 Å². The molecule has 8 aliphatic rings. The van der Waals surface area contributed by atoms with E-state index in [-0.39, 0.29) is 58.0 Å². The van der Waals surface area contributed by atoms with E-state index in [1.807, 2.05) is 6.92 Å². The van der Waals surface area contributed by atoms with Crippen LogP contribution in [0.2, 0.25) is 0 Å². The molecule has 3 aliphatic heterocycles. The zero-order chi connectivity index (χ0) is 49.1. The van der Waals surface area contributed by atoms with Gasteiger partial charge in [-0.15, -0.1) is 0 Å². The Hall–Kier alpha value is -1.47. The predicted octanol–water partition coefficient (Wildman–Crippen LogP) is -0.323. The SMILES string of the molecule is CC1OC(OC2C(OC3C(OC4CCC5(C)C(CCC6(C)C5CC=C5C7CC(C)(CO)CC(O)C7(C)CCC56C)C4(C)CO)OC(C(=O)O)C(O)C3O)OC(CO)C(O)C2O)C(O)C(O)C1O. The quantitative estimate of drug-likeness (QED) is 0.0986. The minimum atomic E-state index is -2.08. The number of aliphatic carboxylic acids is 1. The lowest BCUT2D eigenvalue weighted by Crippen LogP contribution is -2.68. The van der Waals surface area contributed by atoms with Crippen molar-refractivity contribution in [1.82, 2.24) is 0 Å². The summed E-state index contributed by atoms with van der Waals surface area (Å²) in [5.41, 5.74) is -0.887. The number of allylic oxidation sites excluding steroid dienone is 2. The Labute approximate surface area is 392 Å². The Morgan fingerprint density at radius 1 is 0.657 bits per heavy atom. The van der Waals surface area contributed by atoms with Gasteiger partial charge in [-0.25, -0.2) is 4.79 Å². The van der Waals surface area contributed by atoms with E-state index < -0.39 is 122 Å². The van der Waals surface area contributed by atoms with Crippen LogP contribution in [0.3, 0.4) is 0 Å². The van der Waals surface area contributed by atoms with Crippen molar-refractivity contribution < 1.29 is 94.5 Å². The van der Waals surface area contributed by atoms with Gasteiger partial charge in [-0.05, 0) is 104 Å². The molecule has 0 aromatic heterocycles. The molecule has 26 atom stereocenters. The highest BCUT2D eigenvalue weighted by atomic mass is 16.8. The Morgan fingerprint density at radius 2 is 1.30 bits per heavy atom. The summed E-state index contributed by atoms with van der Waals surface area (Å²) in [6.07, 6.45) is -18.8. The van der Waals surface area contributed by atoms with Crippen LogP contribution in [-0.2, 0) is 33.2 Å². The van der Waals surface area contributed by atoms with Crippen LogP contribution < -0.4 is 0 Å². The van der Waals surface area contributed by atoms with E-state index in [1.54, 1.807) is 0 Å². The van der Waals surface area contributed by atoms with E-state index in [1.165, 1.54) is 12.5 Å². The molecule has 8 rings (SSSR count). The van der Waals surface area contributed by atoms with Gasteiger partial charge in [-0.3, -0.25) is 0 Å². The van der Waals surface area contributed by atoms with E-state index >= 15 is 0 Å². The largest absolute Gasteiger partial charge is 0.479 e. The molecule has 0 spiro atoms. The standard InChI is InChI=1S/C48H78O19/c1-21-29(53)31(55)35(59)40(62-21)66-37-32(56)30(54)24(18-49)63-41(37)67-38-34(58)33(57)36(39(60)61)65-42(38)64-28-11-12-45(4)25(46(28,5)20-51)10-13-48(7)26(45)9-8-22-23-16-43(2,19-50)17-27(52)44(23,3)14-15-47(22,48)6/h8,21,23-38,40-42,49-59H,9-20H2,1-7H3,(H,60,61). The number of aliphatic hydroxyl groups is 11. The van der Waals surface area contributed by atoms with Crippen LogP contribution in [-0.4, -0.2) is 191 Å². The number of carboxylic acids is 1. The normalized spacial score (nSPS) is 56.7. The second-order valence-electron chi connectivity index (χ2n) is 23.4. The molecule has 384 valence electrons. The van der Waals surface area contributed by atoms with Gasteiger partial charge in [-0.1, -0.05) is 53.2 Å². The molecule has 0 bridgehead atoms. The maximum Gasteiger partial charge on any atom is 0.335 e. The van der Waals surface area contributed by atoms with Gasteiger partial charge in [0.1, 0.15) is 61.0 Å². The van der Waals surface area contributed by atoms with E-state index in [9.17, 15) is 66.1 Å². The summed E-state index contributed by atoms with van der Waals surface area (Å²) in [5, 5.41) is 130. The van der Waals surface area contributed by atoms with Gasteiger partial charge in [-0.2, -0.15) is 0 Å². The predicted molar refractivity (Wildman–Crippen MR) is 232 cm³/mol. The van der Waals surface area contributed by atoms with Gasteiger partial charge in [0.2, 0.25) is 0 Å². The van der Waals surface area contributed by atoms with Crippen molar-refractivity contribution >= 4 is 5.97 Å². The fourth-order valence-corrected chi connectivity index (χ4v) is 15.1. The van der Waals surface area contributed by atoms with Crippen LogP contribution >= 0.6 is 0 Å². The number of carbonyl (C=O) groups is 1. The van der Waals surface area contributed by atoms with Crippen LogP contribution in [0.5, 0.6) is 0 Å². The lowest BCUT2D eigenvalue weighted by Gasteiger charge is -2.72. The van der Waals surface area contributed by atoms with Gasteiger partial charge < -0.3 is 89.7 Å². The molecule has 4 saturated carbocycles. The van der Waals surface area contributed by atoms with Crippen LogP contribution in [0, 0.1) is 50.2 Å². The highest BCUT2D eigenvalue weighted by molar-refractivity contribution is 5.73. The first kappa shape index (κ1) is 51.9. The second-order valence-corrected chi connectivity index (χ2v) is 23.4. The minimum absolute atomic E-state index is 0.0116. The average molecular weight is 959 g/mol. The Kier molecular flexibility index (Phi) is 14.1. The van der Waals surface area contributed by atoms with Crippen molar-refractivity contribution in [2.24, 2.45) is 50.2 Å². The van der Waals surface area contributed by atoms with Crippen molar-refractivity contribution in [1.29, 1.82) is 0 Å². The number of ether oxygens (including phenoxy) is 6. The molecule has 0 aromatic carbocycles. The molecule has 5 aliphatic carbocycles. The zero-order valence-electron chi connectivity index (χ0n) is 39.8. The molecule has 7 fully saturated rings. The monoisotopic (exact) mass is 959 g/mol. The molecule has 0 amide bonds. The molecule has 19 heteroatoms. The molecule has 12 N–H and O–H groups in total. The molecule has 67 heavy (non-hydrogen) atoms. The second kappa shape index (κ2) is 18.2. The molecular weight excluding hydrogens is 881 g/mol. The van der Waals surface area contributed by atoms with Gasteiger partial charge in [0, 0.05) is 17.4 Å². The van der Waals surface area contributed by atoms with Gasteiger partial charge >= 0.3 is 5.97 Å². The highest BCUT2D eigenvalue weighted by Crippen LogP contribution is 2.76. The van der Waals surface area contributed by atoms with Crippen molar-refractivity contribution in [3.63, 3.8) is 0 Å². The smallest absolute Gasteiger partial charge is 0.335 e. The summed E-state index contributed by atoms with van der Waals surface area (Å²) in [6.45, 7) is 13.6. The number of carboxylic acid groups (broad SMARTS) is 1. The Balaban J connectivity index is 1.08. The molecular formula is C48H78O19. The van der Waals surface area contributed by atoms with Crippen molar-refractivity contribution in [3.8, 4) is 0 Å². The molecule has 3 saturated heterocycles.